The molecule has 0 saturated carbocycles. The summed E-state index contributed by atoms with van der Waals surface area (Å²) in [5.41, 5.74) is 1.91. The third kappa shape index (κ3) is 3.62. The Morgan fingerprint density at radius 2 is 1.96 bits per heavy atom. The lowest BCUT2D eigenvalue weighted by Crippen LogP contribution is -2.03. The van der Waals surface area contributed by atoms with Gasteiger partial charge in [-0.05, 0) is 37.6 Å². The number of imidazole rings is 1. The number of nitrogens with zero attached hydrogens (tertiary/aromatic N) is 5. The first-order valence-corrected chi connectivity index (χ1v) is 8.91. The average molecular weight is 364 g/mol. The van der Waals surface area contributed by atoms with E-state index in [1.165, 1.54) is 18.1 Å². The van der Waals surface area contributed by atoms with Crippen molar-refractivity contribution in [2.75, 3.05) is 0 Å². The van der Waals surface area contributed by atoms with Crippen LogP contribution in [0, 0.1) is 6.92 Å². The van der Waals surface area contributed by atoms with Crippen molar-refractivity contribution in [2.45, 2.75) is 44.8 Å². The van der Waals surface area contributed by atoms with Crippen molar-refractivity contribution in [3.05, 3.63) is 35.8 Å². The number of aromatic nitrogens is 5. The first kappa shape index (κ1) is 17.0. The normalized spacial score (nSPS) is 11.3. The quantitative estimate of drug-likeness (QED) is 0.379. The molecule has 3 heterocycles. The van der Waals surface area contributed by atoms with Gasteiger partial charge in [0.2, 0.25) is 0 Å². The molecule has 0 bridgehead atoms. The van der Waals surface area contributed by atoms with Gasteiger partial charge in [0.15, 0.2) is 5.12 Å². The third-order valence-corrected chi connectivity index (χ3v) is 5.03. The smallest absolute Gasteiger partial charge is 0.192 e. The number of unbranched alkanes of at least 4 members (excludes halogenated alkanes) is 1. The molecule has 0 amide bonds. The van der Waals surface area contributed by atoms with Crippen LogP contribution in [0.4, 0.5) is 0 Å². The highest BCUT2D eigenvalue weighted by molar-refractivity contribution is 8.13. The maximum Gasteiger partial charge on any atom is 0.192 e. The summed E-state index contributed by atoms with van der Waals surface area (Å²) in [6.45, 7) is 5.31. The van der Waals surface area contributed by atoms with E-state index in [1.54, 1.807) is 13.3 Å². The Hall–Kier alpha value is -1.86. The number of thioether (sulfide) groups is 1. The Kier molecular flexibility index (Phi) is 5.20. The van der Waals surface area contributed by atoms with E-state index >= 15 is 0 Å². The maximum absolute atomic E-state index is 11.2. The summed E-state index contributed by atoms with van der Waals surface area (Å²) in [6, 6.07) is 1.95. The summed E-state index contributed by atoms with van der Waals surface area (Å²) < 4.78 is 4.19. The van der Waals surface area contributed by atoms with Gasteiger partial charge >= 0.3 is 0 Å². The number of carbonyl (C=O) groups excluding carboxylic acids is 1. The van der Waals surface area contributed by atoms with Crippen molar-refractivity contribution in [2.24, 2.45) is 0 Å². The molecule has 3 rings (SSSR count). The summed E-state index contributed by atoms with van der Waals surface area (Å²) in [5, 5.41) is 2.23. The van der Waals surface area contributed by atoms with E-state index in [-0.39, 0.29) is 5.12 Å². The van der Waals surface area contributed by atoms with Gasteiger partial charge in [0, 0.05) is 31.9 Å². The fourth-order valence-electron chi connectivity index (χ4n) is 2.60. The molecule has 0 aliphatic rings. The molecule has 6 nitrogen and oxygen atoms in total. The molecule has 0 radical (unpaired) electrons. The van der Waals surface area contributed by atoms with Gasteiger partial charge in [-0.3, -0.25) is 4.79 Å². The minimum absolute atomic E-state index is 0.0588. The van der Waals surface area contributed by atoms with Gasteiger partial charge in [-0.1, -0.05) is 11.6 Å². The largest absolute Gasteiger partial charge is 0.334 e. The molecule has 0 aliphatic heterocycles. The molecule has 0 fully saturated rings. The molecule has 3 aromatic rings. The fraction of sp³-hybridized carbons (Fsp3) is 0.375. The fourth-order valence-corrected chi connectivity index (χ4v) is 3.43. The summed E-state index contributed by atoms with van der Waals surface area (Å²) in [7, 11) is 0. The second kappa shape index (κ2) is 7.36. The molecule has 8 heteroatoms. The van der Waals surface area contributed by atoms with E-state index < -0.39 is 0 Å². The summed E-state index contributed by atoms with van der Waals surface area (Å²) in [4.78, 5) is 23.8. The van der Waals surface area contributed by atoms with Crippen LogP contribution < -0.4 is 0 Å². The van der Waals surface area contributed by atoms with Crippen LogP contribution in [0.5, 0.6) is 0 Å². The van der Waals surface area contributed by atoms with E-state index in [9.17, 15) is 4.79 Å². The van der Waals surface area contributed by atoms with Crippen LogP contribution in [0.1, 0.15) is 25.5 Å². The minimum Gasteiger partial charge on any atom is -0.334 e. The zero-order valence-corrected chi connectivity index (χ0v) is 15.1. The van der Waals surface area contributed by atoms with Crippen molar-refractivity contribution >= 4 is 39.5 Å². The number of rotatable bonds is 6. The molecular weight excluding hydrogens is 346 g/mol. The van der Waals surface area contributed by atoms with E-state index in [1.807, 2.05) is 19.2 Å². The highest BCUT2D eigenvalue weighted by Crippen LogP contribution is 2.22. The maximum atomic E-state index is 11.2. The van der Waals surface area contributed by atoms with Crippen LogP contribution in [0.15, 0.2) is 29.9 Å². The van der Waals surface area contributed by atoms with Crippen molar-refractivity contribution in [1.82, 2.24) is 24.1 Å². The molecule has 0 saturated heterocycles. The zero-order valence-electron chi connectivity index (χ0n) is 13.6. The number of aryl methyl sites for hydroxylation is 2. The lowest BCUT2D eigenvalue weighted by atomic mass is 10.3. The van der Waals surface area contributed by atoms with Crippen LogP contribution in [-0.4, -0.2) is 29.2 Å². The van der Waals surface area contributed by atoms with Gasteiger partial charge in [-0.15, -0.1) is 0 Å². The van der Waals surface area contributed by atoms with Gasteiger partial charge in [0.25, 0.3) is 0 Å². The first-order chi connectivity index (χ1) is 11.6. The van der Waals surface area contributed by atoms with Crippen molar-refractivity contribution in [3.63, 3.8) is 0 Å². The highest BCUT2D eigenvalue weighted by Gasteiger charge is 2.10. The van der Waals surface area contributed by atoms with Crippen molar-refractivity contribution < 1.29 is 4.79 Å². The lowest BCUT2D eigenvalue weighted by molar-refractivity contribution is -0.109. The van der Waals surface area contributed by atoms with Crippen molar-refractivity contribution in [3.8, 4) is 0 Å². The number of hydrogen-bond acceptors (Lipinski definition) is 5. The topological polar surface area (TPSA) is 65.6 Å². The van der Waals surface area contributed by atoms with E-state index in [2.05, 4.69) is 24.1 Å². The first-order valence-electron chi connectivity index (χ1n) is 7.71. The second-order valence-electron chi connectivity index (χ2n) is 5.54. The van der Waals surface area contributed by atoms with Gasteiger partial charge in [0.1, 0.15) is 22.2 Å². The number of carbonyl (C=O) groups is 1. The van der Waals surface area contributed by atoms with Crippen LogP contribution in [0.2, 0.25) is 5.15 Å². The molecular formula is C16H18ClN5OS. The SMILES string of the molecule is CC(=O)Sc1ncn(CCCCn2ccc3c(Cl)ncnc32)c1C. The monoisotopic (exact) mass is 363 g/mol. The molecule has 0 aliphatic carbocycles. The predicted molar refractivity (Wildman–Crippen MR) is 95.3 cm³/mol. The van der Waals surface area contributed by atoms with Gasteiger partial charge in [0.05, 0.1) is 11.7 Å². The molecule has 0 N–H and O–H groups in total. The zero-order chi connectivity index (χ0) is 17.1. The molecule has 0 spiro atoms. The Morgan fingerprint density at radius 3 is 2.71 bits per heavy atom. The summed E-state index contributed by atoms with van der Waals surface area (Å²) >= 11 is 7.25. The predicted octanol–water partition coefficient (Wildman–Crippen LogP) is 3.71. The van der Waals surface area contributed by atoms with E-state index in [0.29, 0.717) is 5.15 Å². The van der Waals surface area contributed by atoms with E-state index in [4.69, 9.17) is 11.6 Å². The van der Waals surface area contributed by atoms with Crippen LogP contribution >= 0.6 is 23.4 Å². The average Bonchev–Trinajstić information content (AvgIpc) is 3.10. The van der Waals surface area contributed by atoms with Gasteiger partial charge in [-0.2, -0.15) is 0 Å². The van der Waals surface area contributed by atoms with Crippen LogP contribution in [-0.2, 0) is 17.9 Å². The molecule has 24 heavy (non-hydrogen) atoms. The lowest BCUT2D eigenvalue weighted by Gasteiger charge is -2.07. The summed E-state index contributed by atoms with van der Waals surface area (Å²) in [6.07, 6.45) is 7.32. The van der Waals surface area contributed by atoms with Crippen LogP contribution in [0.25, 0.3) is 11.0 Å². The Balaban J connectivity index is 1.56. The minimum atomic E-state index is 0.0588. The summed E-state index contributed by atoms with van der Waals surface area (Å²) in [5.74, 6) is 0. The van der Waals surface area contributed by atoms with E-state index in [0.717, 1.165) is 47.7 Å². The van der Waals surface area contributed by atoms with Crippen molar-refractivity contribution in [1.29, 1.82) is 0 Å². The molecule has 0 unspecified atom stereocenters. The molecule has 0 atom stereocenters. The molecule has 0 aromatic carbocycles. The van der Waals surface area contributed by atoms with Gasteiger partial charge < -0.3 is 9.13 Å². The Labute approximate surface area is 149 Å². The van der Waals surface area contributed by atoms with Gasteiger partial charge in [-0.25, -0.2) is 15.0 Å². The third-order valence-electron chi connectivity index (χ3n) is 3.85. The number of fused-ring (bicyclic) bond motifs is 1. The Morgan fingerprint density at radius 1 is 1.21 bits per heavy atom. The highest BCUT2D eigenvalue weighted by atomic mass is 35.5. The molecule has 3 aromatic heterocycles. The number of halogens is 1. The Bertz CT molecular complexity index is 873. The second-order valence-corrected chi connectivity index (χ2v) is 7.06. The van der Waals surface area contributed by atoms with Crippen LogP contribution in [0.3, 0.4) is 0 Å². The molecule has 126 valence electrons. The standard InChI is InChI=1S/C16H18ClN5OS/c1-11-16(24-12(2)23)20-10-22(11)7-4-3-6-21-8-5-13-14(17)18-9-19-15(13)21/h5,8-10H,3-4,6-7H2,1-2H3. The number of hydrogen-bond donors (Lipinski definition) is 0.